The number of aliphatic hydroxyl groups is 2. The van der Waals surface area contributed by atoms with E-state index in [9.17, 15) is 28.2 Å². The van der Waals surface area contributed by atoms with Crippen LogP contribution in [0.3, 0.4) is 0 Å². The normalized spacial score (nSPS) is 31.2. The number of aromatic nitrogens is 2. The molecule has 4 atom stereocenters. The van der Waals surface area contributed by atoms with Gasteiger partial charge in [-0.3, -0.25) is 14.3 Å². The van der Waals surface area contributed by atoms with Gasteiger partial charge in [-0.25, -0.2) is 5.06 Å². The Labute approximate surface area is 147 Å². The summed E-state index contributed by atoms with van der Waals surface area (Å²) in [6.45, 7) is -0.384. The first kappa shape index (κ1) is 17.7. The van der Waals surface area contributed by atoms with E-state index in [0.29, 0.717) is 37.8 Å². The van der Waals surface area contributed by atoms with Gasteiger partial charge in [0.05, 0.1) is 6.04 Å². The van der Waals surface area contributed by atoms with Gasteiger partial charge in [-0.15, -0.1) is 0 Å². The second kappa shape index (κ2) is 6.21. The zero-order chi connectivity index (χ0) is 18.6. The lowest BCUT2D eigenvalue weighted by atomic mass is 9.86. The highest BCUT2D eigenvalue weighted by atomic mass is 19.4. The Morgan fingerprint density at radius 3 is 2.62 bits per heavy atom. The van der Waals surface area contributed by atoms with Gasteiger partial charge in [0, 0.05) is 11.3 Å². The Kier molecular flexibility index (Phi) is 4.24. The predicted octanol–water partition coefficient (Wildman–Crippen LogP) is 0.807. The summed E-state index contributed by atoms with van der Waals surface area (Å²) in [5, 5.41) is 24.6. The maximum Gasteiger partial charge on any atom is 0.435 e. The van der Waals surface area contributed by atoms with E-state index >= 15 is 0 Å². The average Bonchev–Trinajstić information content (AvgIpc) is 2.98. The summed E-state index contributed by atoms with van der Waals surface area (Å²) in [5.74, 6) is -0.574. The van der Waals surface area contributed by atoms with Crippen molar-refractivity contribution in [3.63, 3.8) is 0 Å². The van der Waals surface area contributed by atoms with Crippen LogP contribution in [0.4, 0.5) is 13.2 Å². The molecule has 0 aromatic carbocycles. The van der Waals surface area contributed by atoms with Crippen molar-refractivity contribution in [2.24, 2.45) is 0 Å². The number of carbonyl (C=O) groups excluding carboxylic acids is 1. The van der Waals surface area contributed by atoms with E-state index < -0.39 is 42.1 Å². The molecule has 10 heteroatoms. The number of hydroxylamine groups is 2. The van der Waals surface area contributed by atoms with E-state index in [2.05, 4.69) is 5.10 Å². The number of amides is 1. The SMILES string of the molecule is O=C(Cn1nc(C(F)(F)F)c2c1CCCC2)N1O[C@@H]2CC[C@H]1[C@@H](O)[C@H]2O. The van der Waals surface area contributed by atoms with Gasteiger partial charge < -0.3 is 10.2 Å². The number of hydrogen-bond acceptors (Lipinski definition) is 5. The van der Waals surface area contributed by atoms with Gasteiger partial charge in [-0.1, -0.05) is 0 Å². The number of hydrogen-bond donors (Lipinski definition) is 2. The molecular weight excluding hydrogens is 355 g/mol. The molecule has 1 amide bonds. The van der Waals surface area contributed by atoms with Crippen molar-refractivity contribution < 1.29 is 33.0 Å². The van der Waals surface area contributed by atoms with Crippen LogP contribution in [0.2, 0.25) is 0 Å². The van der Waals surface area contributed by atoms with Crippen LogP contribution < -0.4 is 0 Å². The van der Waals surface area contributed by atoms with Gasteiger partial charge in [-0.05, 0) is 38.5 Å². The second-order valence-electron chi connectivity index (χ2n) is 7.13. The second-order valence-corrected chi connectivity index (χ2v) is 7.13. The molecule has 0 spiro atoms. The van der Waals surface area contributed by atoms with E-state index in [-0.39, 0.29) is 12.1 Å². The molecule has 2 aliphatic heterocycles. The number of rotatable bonds is 2. The van der Waals surface area contributed by atoms with Crippen LogP contribution in [0.15, 0.2) is 0 Å². The summed E-state index contributed by atoms with van der Waals surface area (Å²) in [5.41, 5.74) is -0.302. The van der Waals surface area contributed by atoms with Gasteiger partial charge in [-0.2, -0.15) is 18.3 Å². The molecule has 0 unspecified atom stereocenters. The Morgan fingerprint density at radius 1 is 1.19 bits per heavy atom. The van der Waals surface area contributed by atoms with E-state index in [1.807, 2.05) is 0 Å². The molecule has 1 aromatic rings. The summed E-state index contributed by atoms with van der Waals surface area (Å²) in [6.07, 6.45) is -4.28. The molecule has 2 saturated heterocycles. The number of aliphatic hydroxyl groups excluding tert-OH is 2. The van der Waals surface area contributed by atoms with Crippen LogP contribution >= 0.6 is 0 Å². The first-order valence-electron chi connectivity index (χ1n) is 8.78. The van der Waals surface area contributed by atoms with Crippen molar-refractivity contribution in [2.45, 2.75) is 75.6 Å². The lowest BCUT2D eigenvalue weighted by Crippen LogP contribution is -2.65. The molecule has 144 valence electrons. The van der Waals surface area contributed by atoms with Crippen molar-refractivity contribution in [3.05, 3.63) is 17.0 Å². The Balaban J connectivity index is 1.58. The number of carbonyl (C=O) groups is 1. The van der Waals surface area contributed by atoms with Crippen molar-refractivity contribution in [1.82, 2.24) is 14.8 Å². The monoisotopic (exact) mass is 375 g/mol. The molecule has 5 rings (SSSR count). The minimum Gasteiger partial charge on any atom is -0.388 e. The third-order valence-corrected chi connectivity index (χ3v) is 5.48. The van der Waals surface area contributed by atoms with Crippen molar-refractivity contribution in [2.75, 3.05) is 0 Å². The molecule has 3 fully saturated rings. The average molecular weight is 375 g/mol. The molecule has 3 heterocycles. The van der Waals surface area contributed by atoms with E-state index in [1.54, 1.807) is 0 Å². The molecule has 1 aromatic heterocycles. The van der Waals surface area contributed by atoms with Gasteiger partial charge in [0.15, 0.2) is 5.69 Å². The topological polar surface area (TPSA) is 87.8 Å². The number of alkyl halides is 3. The molecule has 26 heavy (non-hydrogen) atoms. The maximum atomic E-state index is 13.2. The van der Waals surface area contributed by atoms with Crippen molar-refractivity contribution in [3.8, 4) is 0 Å². The summed E-state index contributed by atoms with van der Waals surface area (Å²) in [6, 6.07) is -0.698. The fourth-order valence-corrected chi connectivity index (χ4v) is 4.19. The highest BCUT2D eigenvalue weighted by Crippen LogP contribution is 2.37. The van der Waals surface area contributed by atoms with Gasteiger partial charge in [0.1, 0.15) is 24.9 Å². The first-order chi connectivity index (χ1) is 12.3. The molecule has 0 radical (unpaired) electrons. The number of fused-ring (bicyclic) bond motifs is 4. The van der Waals surface area contributed by atoms with Crippen molar-refractivity contribution >= 4 is 5.91 Å². The molecule has 2 bridgehead atoms. The van der Waals surface area contributed by atoms with Crippen LogP contribution in [0.1, 0.15) is 42.6 Å². The fraction of sp³-hybridized carbons (Fsp3) is 0.750. The highest BCUT2D eigenvalue weighted by molar-refractivity contribution is 5.75. The maximum absolute atomic E-state index is 13.2. The Bertz CT molecular complexity index is 718. The zero-order valence-corrected chi connectivity index (χ0v) is 13.9. The summed E-state index contributed by atoms with van der Waals surface area (Å²) >= 11 is 0. The number of halogens is 3. The summed E-state index contributed by atoms with van der Waals surface area (Å²) < 4.78 is 40.8. The van der Waals surface area contributed by atoms with E-state index in [0.717, 1.165) is 16.2 Å². The van der Waals surface area contributed by atoms with Gasteiger partial charge in [0.2, 0.25) is 0 Å². The molecule has 1 saturated carbocycles. The highest BCUT2D eigenvalue weighted by Gasteiger charge is 2.50. The Hall–Kier alpha value is -1.65. The van der Waals surface area contributed by atoms with Crippen LogP contribution in [-0.2, 0) is 35.2 Å². The summed E-state index contributed by atoms with van der Waals surface area (Å²) in [7, 11) is 0. The Morgan fingerprint density at radius 2 is 1.92 bits per heavy atom. The predicted molar refractivity (Wildman–Crippen MR) is 80.6 cm³/mol. The van der Waals surface area contributed by atoms with Crippen LogP contribution in [-0.4, -0.2) is 55.3 Å². The third kappa shape index (κ3) is 2.80. The van der Waals surface area contributed by atoms with Crippen molar-refractivity contribution in [1.29, 1.82) is 0 Å². The lowest BCUT2D eigenvalue weighted by molar-refractivity contribution is -0.317. The first-order valence-corrected chi connectivity index (χ1v) is 8.78. The van der Waals surface area contributed by atoms with Crippen LogP contribution in [0.5, 0.6) is 0 Å². The molecule has 4 aliphatic rings. The number of nitrogens with zero attached hydrogens (tertiary/aromatic N) is 3. The molecule has 2 aliphatic carbocycles. The van der Waals surface area contributed by atoms with Crippen LogP contribution in [0.25, 0.3) is 0 Å². The lowest BCUT2D eigenvalue weighted by Gasteiger charge is -2.49. The van der Waals surface area contributed by atoms with Gasteiger partial charge in [0.25, 0.3) is 5.91 Å². The standard InChI is InChI=1S/C16H20F3N3O4/c17-16(18,19)15-8-3-1-2-4-9(8)21(20-15)7-12(23)22-10-5-6-11(26-22)14(25)13(10)24/h10-11,13-14,24-25H,1-7H2/t10-,11+,13+,14-/m0/s1. The summed E-state index contributed by atoms with van der Waals surface area (Å²) in [4.78, 5) is 18.1. The molecular formula is C16H20F3N3O4. The zero-order valence-electron chi connectivity index (χ0n) is 13.9. The van der Waals surface area contributed by atoms with Crippen LogP contribution in [0, 0.1) is 0 Å². The minimum atomic E-state index is -4.56. The van der Waals surface area contributed by atoms with Gasteiger partial charge >= 0.3 is 6.18 Å². The fourth-order valence-electron chi connectivity index (χ4n) is 4.19. The smallest absolute Gasteiger partial charge is 0.388 e. The molecule has 2 N–H and O–H groups in total. The van der Waals surface area contributed by atoms with E-state index in [4.69, 9.17) is 4.84 Å². The minimum absolute atomic E-state index is 0.174. The molecule has 7 nitrogen and oxygen atoms in total. The largest absolute Gasteiger partial charge is 0.435 e. The van der Waals surface area contributed by atoms with E-state index in [1.165, 1.54) is 0 Å². The quantitative estimate of drug-likeness (QED) is 0.799. The third-order valence-electron chi connectivity index (χ3n) is 5.48.